The van der Waals surface area contributed by atoms with E-state index in [1.165, 1.54) is 5.69 Å². The molecule has 4 rings (SSSR count). The van der Waals surface area contributed by atoms with Crippen LogP contribution in [0.4, 0.5) is 5.69 Å². The van der Waals surface area contributed by atoms with Crippen molar-refractivity contribution in [1.29, 1.82) is 0 Å². The van der Waals surface area contributed by atoms with E-state index in [0.29, 0.717) is 23.9 Å². The summed E-state index contributed by atoms with van der Waals surface area (Å²) in [5.74, 6) is -1.43. The summed E-state index contributed by atoms with van der Waals surface area (Å²) < 4.78 is 0. The fourth-order valence-electron chi connectivity index (χ4n) is 4.84. The van der Waals surface area contributed by atoms with Gasteiger partial charge in [0.05, 0.1) is 12.3 Å². The Labute approximate surface area is 228 Å². The summed E-state index contributed by atoms with van der Waals surface area (Å²) in [5, 5.41) is 30.9. The molecule has 0 atom stereocenters. The van der Waals surface area contributed by atoms with Crippen LogP contribution >= 0.6 is 0 Å². The van der Waals surface area contributed by atoms with Crippen LogP contribution in [0.1, 0.15) is 54.3 Å². The van der Waals surface area contributed by atoms with Gasteiger partial charge in [0.25, 0.3) is 5.91 Å². The van der Waals surface area contributed by atoms with Crippen LogP contribution in [-0.2, 0) is 16.6 Å². The summed E-state index contributed by atoms with van der Waals surface area (Å²) in [6, 6.07) is 16.9. The first kappa shape index (κ1) is 28.0. The van der Waals surface area contributed by atoms with Gasteiger partial charge in [0.1, 0.15) is 12.4 Å². The van der Waals surface area contributed by atoms with Gasteiger partial charge < -0.3 is 25.5 Å². The minimum atomic E-state index is -1.17. The number of aromatic nitrogens is 2. The topological polar surface area (TPSA) is 136 Å². The molecule has 206 valence electrons. The van der Waals surface area contributed by atoms with E-state index in [9.17, 15) is 19.8 Å². The second-order valence-electron chi connectivity index (χ2n) is 10.8. The zero-order valence-corrected chi connectivity index (χ0v) is 22.6. The van der Waals surface area contributed by atoms with Gasteiger partial charge in [-0.25, -0.2) is 9.97 Å². The van der Waals surface area contributed by atoms with Crippen LogP contribution in [0.15, 0.2) is 48.5 Å². The average molecular weight is 533 g/mol. The van der Waals surface area contributed by atoms with Gasteiger partial charge in [-0.1, -0.05) is 50.2 Å². The van der Waals surface area contributed by atoms with Crippen molar-refractivity contribution in [2.24, 2.45) is 5.92 Å². The third-order valence-electron chi connectivity index (χ3n) is 7.43. The summed E-state index contributed by atoms with van der Waals surface area (Å²) in [6.45, 7) is 6.98. The molecule has 9 nitrogen and oxygen atoms in total. The Balaban J connectivity index is 1.35. The van der Waals surface area contributed by atoms with Crippen LogP contribution in [0.2, 0.25) is 0 Å². The third-order valence-corrected chi connectivity index (χ3v) is 7.43. The normalized spacial score (nSPS) is 14.3. The molecule has 0 unspecified atom stereocenters. The van der Waals surface area contributed by atoms with Crippen LogP contribution < -0.4 is 10.2 Å². The zero-order chi connectivity index (χ0) is 28.2. The molecule has 3 aromatic rings. The molecule has 1 amide bonds. The predicted molar refractivity (Wildman–Crippen MR) is 149 cm³/mol. The molecule has 0 bridgehead atoms. The number of rotatable bonds is 9. The number of nitrogens with zero attached hydrogens (tertiary/aromatic N) is 3. The number of aromatic hydroxyl groups is 1. The number of carboxylic acids is 1. The summed E-state index contributed by atoms with van der Waals surface area (Å²) in [4.78, 5) is 34.0. The Morgan fingerprint density at radius 2 is 1.59 bits per heavy atom. The number of hydrogen-bond donors (Lipinski definition) is 4. The fraction of sp³-hybridized carbons (Fsp3) is 0.400. The molecule has 2 heterocycles. The molecule has 0 spiro atoms. The molecule has 0 aliphatic carbocycles. The van der Waals surface area contributed by atoms with Crippen molar-refractivity contribution >= 4 is 17.6 Å². The maximum Gasteiger partial charge on any atom is 0.322 e. The first-order valence-corrected chi connectivity index (χ1v) is 13.2. The van der Waals surface area contributed by atoms with E-state index < -0.39 is 18.4 Å². The Morgan fingerprint density at radius 3 is 2.15 bits per heavy atom. The quantitative estimate of drug-likeness (QED) is 0.328. The van der Waals surface area contributed by atoms with Gasteiger partial charge in [-0.05, 0) is 54.5 Å². The standard InChI is InChI=1S/C30H36N4O5/c1-19-28(38)27(29(39)31-17-26(36)37)33-25(32-19)16-20-12-14-34(15-13-20)24-10-6-22(7-11-24)21-4-8-23(9-5-21)30(2,3)18-35/h4-11,20,35,38H,12-18H2,1-3H3,(H,31,39)(H,36,37). The Bertz CT molecular complexity index is 1310. The first-order chi connectivity index (χ1) is 18.6. The maximum atomic E-state index is 12.3. The van der Waals surface area contributed by atoms with Gasteiger partial charge in [-0.3, -0.25) is 9.59 Å². The highest BCUT2D eigenvalue weighted by Crippen LogP contribution is 2.30. The van der Waals surface area contributed by atoms with Gasteiger partial charge in [0.15, 0.2) is 11.4 Å². The molecule has 2 aromatic carbocycles. The van der Waals surface area contributed by atoms with Gasteiger partial charge >= 0.3 is 5.97 Å². The minimum absolute atomic E-state index is 0.103. The average Bonchev–Trinajstić information content (AvgIpc) is 2.94. The van der Waals surface area contributed by atoms with Crippen molar-refractivity contribution in [3.8, 4) is 16.9 Å². The molecule has 1 saturated heterocycles. The highest BCUT2D eigenvalue weighted by atomic mass is 16.4. The maximum absolute atomic E-state index is 12.3. The number of piperidine rings is 1. The van der Waals surface area contributed by atoms with Gasteiger partial charge in [0.2, 0.25) is 0 Å². The van der Waals surface area contributed by atoms with Crippen molar-refractivity contribution < 1.29 is 24.9 Å². The lowest BCUT2D eigenvalue weighted by Crippen LogP contribution is -2.34. The number of aliphatic hydroxyl groups excluding tert-OH is 1. The second-order valence-corrected chi connectivity index (χ2v) is 10.8. The Morgan fingerprint density at radius 1 is 1.00 bits per heavy atom. The lowest BCUT2D eigenvalue weighted by Gasteiger charge is -2.33. The highest BCUT2D eigenvalue weighted by Gasteiger charge is 2.24. The number of benzene rings is 2. The summed E-state index contributed by atoms with van der Waals surface area (Å²) in [7, 11) is 0. The lowest BCUT2D eigenvalue weighted by molar-refractivity contribution is -0.135. The van der Waals surface area contributed by atoms with E-state index >= 15 is 0 Å². The number of carbonyl (C=O) groups is 2. The molecule has 39 heavy (non-hydrogen) atoms. The molecular formula is C30H36N4O5. The molecule has 1 aliphatic heterocycles. The van der Waals surface area contributed by atoms with Crippen molar-refractivity contribution in [1.82, 2.24) is 15.3 Å². The van der Waals surface area contributed by atoms with E-state index in [0.717, 1.165) is 42.6 Å². The van der Waals surface area contributed by atoms with E-state index in [-0.39, 0.29) is 23.5 Å². The summed E-state index contributed by atoms with van der Waals surface area (Å²) >= 11 is 0. The molecule has 1 aliphatic rings. The van der Waals surface area contributed by atoms with E-state index in [1.54, 1.807) is 6.92 Å². The lowest BCUT2D eigenvalue weighted by atomic mass is 9.85. The first-order valence-electron chi connectivity index (χ1n) is 13.2. The summed E-state index contributed by atoms with van der Waals surface area (Å²) in [6.07, 6.45) is 2.46. The predicted octanol–water partition coefficient (Wildman–Crippen LogP) is 3.70. The van der Waals surface area contributed by atoms with E-state index in [4.69, 9.17) is 5.11 Å². The molecule has 0 radical (unpaired) electrons. The van der Waals surface area contributed by atoms with Crippen LogP contribution in [0.25, 0.3) is 11.1 Å². The van der Waals surface area contributed by atoms with Crippen LogP contribution in [0.5, 0.6) is 5.75 Å². The number of amides is 1. The number of nitrogens with one attached hydrogen (secondary N) is 1. The number of aliphatic hydroxyl groups is 1. The van der Waals surface area contributed by atoms with E-state index in [2.05, 4.69) is 68.7 Å². The van der Waals surface area contributed by atoms with Crippen molar-refractivity contribution in [2.75, 3.05) is 31.1 Å². The van der Waals surface area contributed by atoms with Gasteiger partial charge in [0, 0.05) is 30.6 Å². The fourth-order valence-corrected chi connectivity index (χ4v) is 4.84. The molecule has 1 aromatic heterocycles. The molecule has 1 fully saturated rings. The van der Waals surface area contributed by atoms with Crippen LogP contribution in [0.3, 0.4) is 0 Å². The van der Waals surface area contributed by atoms with Crippen LogP contribution in [-0.4, -0.2) is 63.4 Å². The third kappa shape index (κ3) is 6.72. The highest BCUT2D eigenvalue weighted by molar-refractivity contribution is 5.96. The van der Waals surface area contributed by atoms with Gasteiger partial charge in [-0.2, -0.15) is 0 Å². The number of carbonyl (C=O) groups excluding carboxylic acids is 1. The van der Waals surface area contributed by atoms with Crippen molar-refractivity contribution in [3.63, 3.8) is 0 Å². The van der Waals surface area contributed by atoms with Gasteiger partial charge in [-0.15, -0.1) is 0 Å². The molecular weight excluding hydrogens is 496 g/mol. The Kier molecular flexibility index (Phi) is 8.50. The Hall–Kier alpha value is -3.98. The molecule has 4 N–H and O–H groups in total. The zero-order valence-electron chi connectivity index (χ0n) is 22.6. The summed E-state index contributed by atoms with van der Waals surface area (Å²) in [5.41, 5.74) is 4.40. The van der Waals surface area contributed by atoms with Crippen molar-refractivity contribution in [3.05, 3.63) is 71.3 Å². The SMILES string of the molecule is Cc1nc(CC2CCN(c3ccc(-c4ccc(C(C)(C)CO)cc4)cc3)CC2)nc(C(=O)NCC(=O)O)c1O. The second kappa shape index (κ2) is 11.8. The van der Waals surface area contributed by atoms with Crippen molar-refractivity contribution in [2.45, 2.75) is 45.4 Å². The number of carboxylic acid groups (broad SMARTS) is 1. The largest absolute Gasteiger partial charge is 0.504 e. The van der Waals surface area contributed by atoms with E-state index in [1.807, 2.05) is 13.8 Å². The molecule has 0 saturated carbocycles. The number of hydrogen-bond acceptors (Lipinski definition) is 7. The monoisotopic (exact) mass is 532 g/mol. The smallest absolute Gasteiger partial charge is 0.322 e. The minimum Gasteiger partial charge on any atom is -0.504 e. The number of aliphatic carboxylic acids is 1. The number of anilines is 1. The molecule has 9 heteroatoms. The number of aryl methyl sites for hydroxylation is 1. The van der Waals surface area contributed by atoms with Crippen LogP contribution in [0, 0.1) is 12.8 Å².